The highest BCUT2D eigenvalue weighted by Gasteiger charge is 2.30. The van der Waals surface area contributed by atoms with Crippen molar-refractivity contribution < 1.29 is 80.2 Å². The van der Waals surface area contributed by atoms with E-state index in [0.29, 0.717) is 31.6 Å². The van der Waals surface area contributed by atoms with Gasteiger partial charge in [0.25, 0.3) is 0 Å². The van der Waals surface area contributed by atoms with E-state index in [1.54, 1.807) is 0 Å². The Hall–Kier alpha value is -1.94. The number of ether oxygens (including phenoxy) is 4. The van der Waals surface area contributed by atoms with E-state index in [1.807, 2.05) is 0 Å². The Bertz CT molecular complexity index is 1900. The quantitative estimate of drug-likeness (QED) is 0.0222. The normalized spacial score (nSPS) is 14.1. The van der Waals surface area contributed by atoms with Gasteiger partial charge in [-0.1, -0.05) is 344 Å². The third kappa shape index (κ3) is 72.2. The molecule has 0 aliphatic carbocycles. The van der Waals surface area contributed by atoms with Crippen LogP contribution in [0.15, 0.2) is 0 Å². The molecule has 0 saturated heterocycles. The van der Waals surface area contributed by atoms with Crippen molar-refractivity contribution >= 4 is 39.5 Å². The average Bonchev–Trinajstić information content (AvgIpc) is 1.54. The van der Waals surface area contributed by atoms with Crippen molar-refractivity contribution in [3.63, 3.8) is 0 Å². The van der Waals surface area contributed by atoms with Gasteiger partial charge in [0.2, 0.25) is 0 Å². The van der Waals surface area contributed by atoms with E-state index in [4.69, 9.17) is 37.0 Å². The van der Waals surface area contributed by atoms with Crippen molar-refractivity contribution in [2.75, 3.05) is 39.6 Å². The summed E-state index contributed by atoms with van der Waals surface area (Å²) in [4.78, 5) is 72.8. The minimum atomic E-state index is -4.96. The van der Waals surface area contributed by atoms with Crippen molar-refractivity contribution in [1.82, 2.24) is 0 Å². The highest BCUT2D eigenvalue weighted by Crippen LogP contribution is 2.45. The predicted octanol–water partition coefficient (Wildman–Crippen LogP) is 22.8. The van der Waals surface area contributed by atoms with Crippen molar-refractivity contribution in [3.8, 4) is 0 Å². The molecule has 97 heavy (non-hydrogen) atoms. The van der Waals surface area contributed by atoms with E-state index in [0.717, 1.165) is 114 Å². The maximum Gasteiger partial charge on any atom is 0.472 e. The molecule has 0 aliphatic heterocycles. The van der Waals surface area contributed by atoms with Gasteiger partial charge in [-0.05, 0) is 49.4 Å². The molecule has 0 radical (unpaired) electrons. The maximum atomic E-state index is 13.1. The van der Waals surface area contributed by atoms with Crippen LogP contribution in [0.5, 0.6) is 0 Å². The molecule has 0 aliphatic rings. The number of phosphoric acid groups is 2. The summed E-state index contributed by atoms with van der Waals surface area (Å²) in [6.07, 6.45) is 53.0. The smallest absolute Gasteiger partial charge is 0.462 e. The van der Waals surface area contributed by atoms with Crippen LogP contribution >= 0.6 is 15.6 Å². The van der Waals surface area contributed by atoms with Gasteiger partial charge < -0.3 is 33.8 Å². The fourth-order valence-electron chi connectivity index (χ4n) is 11.9. The van der Waals surface area contributed by atoms with Crippen LogP contribution in [-0.2, 0) is 65.4 Å². The summed E-state index contributed by atoms with van der Waals surface area (Å²) in [6, 6.07) is 0. The van der Waals surface area contributed by atoms with Gasteiger partial charge in [0.05, 0.1) is 26.4 Å². The zero-order valence-electron chi connectivity index (χ0n) is 63.7. The molecular weight excluding hydrogens is 1270 g/mol. The molecule has 2 unspecified atom stereocenters. The second-order valence-electron chi connectivity index (χ2n) is 30.0. The Labute approximate surface area is 594 Å². The van der Waals surface area contributed by atoms with Crippen LogP contribution in [0.1, 0.15) is 396 Å². The lowest BCUT2D eigenvalue weighted by Crippen LogP contribution is -2.30. The van der Waals surface area contributed by atoms with E-state index in [-0.39, 0.29) is 25.7 Å². The van der Waals surface area contributed by atoms with E-state index in [9.17, 15) is 43.2 Å². The molecule has 0 aromatic rings. The summed E-state index contributed by atoms with van der Waals surface area (Å²) in [5, 5.41) is 10.6. The summed E-state index contributed by atoms with van der Waals surface area (Å²) in [7, 11) is -9.91. The monoisotopic (exact) mass is 1420 g/mol. The summed E-state index contributed by atoms with van der Waals surface area (Å²) in [6.45, 7) is 14.1. The molecule has 0 saturated carbocycles. The van der Waals surface area contributed by atoms with E-state index in [1.165, 1.54) is 193 Å². The molecule has 0 bridgehead atoms. The maximum absolute atomic E-state index is 13.1. The number of hydrogen-bond donors (Lipinski definition) is 3. The Morgan fingerprint density at radius 3 is 0.639 bits per heavy atom. The van der Waals surface area contributed by atoms with Gasteiger partial charge in [-0.15, -0.1) is 0 Å². The van der Waals surface area contributed by atoms with Crippen LogP contribution in [0.4, 0.5) is 0 Å². The average molecular weight is 1420 g/mol. The Morgan fingerprint density at radius 2 is 0.433 bits per heavy atom. The number of carbonyl (C=O) groups is 4. The van der Waals surface area contributed by atoms with Gasteiger partial charge in [-0.2, -0.15) is 0 Å². The van der Waals surface area contributed by atoms with Gasteiger partial charge in [-0.25, -0.2) is 9.13 Å². The summed E-state index contributed by atoms with van der Waals surface area (Å²) >= 11 is 0. The van der Waals surface area contributed by atoms with Gasteiger partial charge in [0.1, 0.15) is 19.3 Å². The minimum Gasteiger partial charge on any atom is -0.462 e. The molecule has 0 amide bonds. The van der Waals surface area contributed by atoms with E-state index >= 15 is 0 Å². The van der Waals surface area contributed by atoms with Crippen LogP contribution in [0.2, 0.25) is 0 Å². The van der Waals surface area contributed by atoms with Crippen molar-refractivity contribution in [2.24, 2.45) is 23.7 Å². The third-order valence-corrected chi connectivity index (χ3v) is 20.0. The molecule has 0 spiro atoms. The first kappa shape index (κ1) is 95.1. The molecule has 3 N–H and O–H groups in total. The first-order valence-corrected chi connectivity index (χ1v) is 43.2. The highest BCUT2D eigenvalue weighted by atomic mass is 31.2. The van der Waals surface area contributed by atoms with Gasteiger partial charge in [0, 0.05) is 25.7 Å². The lowest BCUT2D eigenvalue weighted by molar-refractivity contribution is -0.161. The first-order valence-electron chi connectivity index (χ1n) is 40.2. The number of rotatable bonds is 75. The number of hydrogen-bond acceptors (Lipinski definition) is 15. The zero-order valence-corrected chi connectivity index (χ0v) is 65.5. The van der Waals surface area contributed by atoms with Gasteiger partial charge >= 0.3 is 39.5 Å². The summed E-state index contributed by atoms with van der Waals surface area (Å²) < 4.78 is 68.5. The van der Waals surface area contributed by atoms with Crippen molar-refractivity contribution in [3.05, 3.63) is 0 Å². The van der Waals surface area contributed by atoms with Crippen molar-refractivity contribution in [1.29, 1.82) is 0 Å². The lowest BCUT2D eigenvalue weighted by atomic mass is 10.0. The standard InChI is InChI=1S/C78H152O17P2/c1-68(2)54-46-38-30-24-20-16-12-9-10-14-19-23-27-34-44-52-60-77(82)94-73(64-88-75(80)58-50-42-33-26-22-18-15-11-13-17-21-25-31-39-47-55-69(3)4)66-92-96(84,85)90-62-72(79)63-91-97(86,87)93-67-74(65-89-76(81)59-51-43-37-36-41-49-57-71(7)8)95-78(83)61-53-45-35-29-28-32-40-48-56-70(5)6/h68-74,79H,9-67H2,1-8H3,(H,84,85)(H,86,87)/t72-,73-,74-/m1/s1. The number of phosphoric ester groups is 2. The molecule has 0 aromatic heterocycles. The van der Waals surface area contributed by atoms with E-state index in [2.05, 4.69) is 55.4 Å². The predicted molar refractivity (Wildman–Crippen MR) is 395 cm³/mol. The Morgan fingerprint density at radius 1 is 0.258 bits per heavy atom. The molecule has 5 atom stereocenters. The van der Waals surface area contributed by atoms with Gasteiger partial charge in [-0.3, -0.25) is 37.3 Å². The summed E-state index contributed by atoms with van der Waals surface area (Å²) in [5.41, 5.74) is 0. The summed E-state index contributed by atoms with van der Waals surface area (Å²) in [5.74, 6) is 0.891. The van der Waals surface area contributed by atoms with E-state index < -0.39 is 97.5 Å². The number of unbranched alkanes of at least 4 members (excludes halogenated alkanes) is 41. The van der Waals surface area contributed by atoms with Crippen LogP contribution in [-0.4, -0.2) is 96.7 Å². The number of carbonyl (C=O) groups excluding carboxylic acids is 4. The zero-order chi connectivity index (χ0) is 71.7. The second kappa shape index (κ2) is 67.2. The fraction of sp³-hybridized carbons (Fsp3) is 0.949. The van der Waals surface area contributed by atoms with Crippen molar-refractivity contribution in [2.45, 2.75) is 414 Å². The van der Waals surface area contributed by atoms with Gasteiger partial charge in [0.15, 0.2) is 12.2 Å². The lowest BCUT2D eigenvalue weighted by Gasteiger charge is -2.21. The molecule has 0 aromatic carbocycles. The van der Waals surface area contributed by atoms with Crippen LogP contribution in [0.25, 0.3) is 0 Å². The number of esters is 4. The molecule has 0 heterocycles. The molecular formula is C78H152O17P2. The molecule has 19 heteroatoms. The molecule has 576 valence electrons. The van der Waals surface area contributed by atoms with Crippen LogP contribution in [0, 0.1) is 23.7 Å². The largest absolute Gasteiger partial charge is 0.472 e. The second-order valence-corrected chi connectivity index (χ2v) is 32.9. The fourth-order valence-corrected chi connectivity index (χ4v) is 13.5. The van der Waals surface area contributed by atoms with Crippen LogP contribution in [0.3, 0.4) is 0 Å². The number of aliphatic hydroxyl groups is 1. The van der Waals surface area contributed by atoms with Crippen LogP contribution < -0.4 is 0 Å². The molecule has 0 fully saturated rings. The Kier molecular flexibility index (Phi) is 65.9. The minimum absolute atomic E-state index is 0.103. The molecule has 17 nitrogen and oxygen atoms in total. The highest BCUT2D eigenvalue weighted by molar-refractivity contribution is 7.47. The molecule has 0 rings (SSSR count). The Balaban J connectivity index is 5.21. The topological polar surface area (TPSA) is 237 Å². The third-order valence-electron chi connectivity index (χ3n) is 18.1. The number of aliphatic hydroxyl groups excluding tert-OH is 1. The first-order chi connectivity index (χ1) is 46.6. The SMILES string of the molecule is CC(C)CCCCCCCCCCCCCCCCCCC(=O)O[C@H](COC(=O)CCCCCCCCCCCCCCCCCC(C)C)COP(=O)(O)OC[C@@H](O)COP(=O)(O)OC[C@@H](COC(=O)CCCCCCCCC(C)C)OC(=O)CCCCCCCCCCC(C)C.